The van der Waals surface area contributed by atoms with Crippen molar-refractivity contribution in [2.75, 3.05) is 24.7 Å². The van der Waals surface area contributed by atoms with Crippen LogP contribution in [0.2, 0.25) is 0 Å². The number of aromatic nitrogens is 7. The Kier molecular flexibility index (Phi) is 4.54. The fourth-order valence-electron chi connectivity index (χ4n) is 4.03. The van der Waals surface area contributed by atoms with E-state index >= 15 is 0 Å². The topological polar surface area (TPSA) is 89.7 Å². The van der Waals surface area contributed by atoms with Crippen LogP contribution < -0.4 is 4.90 Å². The quantitative estimate of drug-likeness (QED) is 0.560. The minimum Gasteiger partial charge on any atom is -0.377 e. The van der Waals surface area contributed by atoms with Crippen molar-refractivity contribution in [2.45, 2.75) is 32.9 Å². The Morgan fingerprint density at radius 1 is 1.30 bits per heavy atom. The van der Waals surface area contributed by atoms with Gasteiger partial charge in [-0.1, -0.05) is 0 Å². The molecule has 9 heteroatoms. The maximum Gasteiger partial charge on any atom is 0.136 e. The van der Waals surface area contributed by atoms with Crippen LogP contribution in [0.4, 0.5) is 5.82 Å². The van der Waals surface area contributed by atoms with E-state index in [0.717, 1.165) is 45.9 Å². The summed E-state index contributed by atoms with van der Waals surface area (Å²) in [6.45, 7) is 8.62. The van der Waals surface area contributed by atoms with Crippen molar-refractivity contribution < 1.29 is 4.74 Å². The van der Waals surface area contributed by atoms with Crippen LogP contribution in [0.1, 0.15) is 26.8 Å². The van der Waals surface area contributed by atoms with Crippen molar-refractivity contribution in [3.63, 3.8) is 0 Å². The predicted octanol–water partition coefficient (Wildman–Crippen LogP) is 3.03. The summed E-state index contributed by atoms with van der Waals surface area (Å²) in [6, 6.07) is 4.62. The molecule has 4 aromatic heterocycles. The zero-order valence-corrected chi connectivity index (χ0v) is 17.7. The SMILES string of the molecule is CC(C)n1cc(-c2cc(N3CCOC[C@H]3C)nc3c(-c4ccn[nH]4)nn(C)c23)cn1. The lowest BCUT2D eigenvalue weighted by molar-refractivity contribution is 0.0986. The van der Waals surface area contributed by atoms with Gasteiger partial charge in [-0.25, -0.2) is 4.98 Å². The molecule has 0 radical (unpaired) electrons. The van der Waals surface area contributed by atoms with E-state index in [0.29, 0.717) is 19.3 Å². The Hall–Kier alpha value is -3.20. The van der Waals surface area contributed by atoms with Crippen molar-refractivity contribution in [1.29, 1.82) is 0 Å². The van der Waals surface area contributed by atoms with Gasteiger partial charge in [0.2, 0.25) is 0 Å². The number of anilines is 1. The molecule has 30 heavy (non-hydrogen) atoms. The van der Waals surface area contributed by atoms with Gasteiger partial charge in [-0.3, -0.25) is 14.5 Å². The second-order valence-electron chi connectivity index (χ2n) is 8.09. The van der Waals surface area contributed by atoms with Crippen molar-refractivity contribution in [3.05, 3.63) is 30.7 Å². The highest BCUT2D eigenvalue weighted by molar-refractivity contribution is 6.00. The average Bonchev–Trinajstić information content (AvgIpc) is 3.48. The molecule has 0 saturated carbocycles. The van der Waals surface area contributed by atoms with Crippen molar-refractivity contribution in [2.24, 2.45) is 7.05 Å². The number of ether oxygens (including phenoxy) is 1. The number of rotatable bonds is 4. The Bertz CT molecular complexity index is 1170. The third-order valence-corrected chi connectivity index (χ3v) is 5.64. The predicted molar refractivity (Wildman–Crippen MR) is 115 cm³/mol. The van der Waals surface area contributed by atoms with Crippen molar-refractivity contribution in [3.8, 4) is 22.5 Å². The van der Waals surface area contributed by atoms with E-state index in [9.17, 15) is 0 Å². The number of nitrogens with zero attached hydrogens (tertiary/aromatic N) is 7. The van der Waals surface area contributed by atoms with Gasteiger partial charge in [-0.05, 0) is 32.9 Å². The van der Waals surface area contributed by atoms with Gasteiger partial charge in [0, 0.05) is 43.2 Å². The van der Waals surface area contributed by atoms with Gasteiger partial charge in [0.15, 0.2) is 0 Å². The Labute approximate surface area is 174 Å². The summed E-state index contributed by atoms with van der Waals surface area (Å²) >= 11 is 0. The summed E-state index contributed by atoms with van der Waals surface area (Å²) in [4.78, 5) is 7.37. The molecule has 0 bridgehead atoms. The Morgan fingerprint density at radius 3 is 2.87 bits per heavy atom. The lowest BCUT2D eigenvalue weighted by atomic mass is 10.1. The maximum absolute atomic E-state index is 5.64. The summed E-state index contributed by atoms with van der Waals surface area (Å²) in [7, 11) is 1.96. The van der Waals surface area contributed by atoms with Gasteiger partial charge in [0.1, 0.15) is 17.0 Å². The standard InChI is InChI=1S/C21H26N8O/c1-13(2)29-11-15(10-23-29)16-9-18(28-7-8-30-12-14(28)3)24-20-19(17-5-6-22-25-17)26-27(4)21(16)20/h5-6,9-11,13-14H,7-8,12H2,1-4H3,(H,22,25)/t14-/m1/s1. The van der Waals surface area contributed by atoms with Gasteiger partial charge in [0.25, 0.3) is 0 Å². The maximum atomic E-state index is 5.64. The molecule has 0 amide bonds. The van der Waals surface area contributed by atoms with Crippen LogP contribution in [0.15, 0.2) is 30.7 Å². The van der Waals surface area contributed by atoms with Gasteiger partial charge in [0.05, 0.1) is 36.7 Å². The van der Waals surface area contributed by atoms with Gasteiger partial charge in [-0.15, -0.1) is 0 Å². The second kappa shape index (κ2) is 7.24. The van der Waals surface area contributed by atoms with E-state index in [1.165, 1.54) is 0 Å². The molecule has 156 valence electrons. The molecule has 1 aliphatic rings. The molecule has 5 heterocycles. The van der Waals surface area contributed by atoms with E-state index < -0.39 is 0 Å². The summed E-state index contributed by atoms with van der Waals surface area (Å²) in [5.41, 5.74) is 5.60. The monoisotopic (exact) mass is 406 g/mol. The molecule has 1 fully saturated rings. The number of fused-ring (bicyclic) bond motifs is 1. The van der Waals surface area contributed by atoms with Crippen LogP contribution in [0, 0.1) is 0 Å². The van der Waals surface area contributed by atoms with E-state index in [4.69, 9.17) is 14.8 Å². The molecule has 0 aromatic carbocycles. The number of aromatic amines is 1. The van der Waals surface area contributed by atoms with Gasteiger partial charge >= 0.3 is 0 Å². The molecule has 1 N–H and O–H groups in total. The molecule has 9 nitrogen and oxygen atoms in total. The fourth-order valence-corrected chi connectivity index (χ4v) is 4.03. The van der Waals surface area contributed by atoms with Crippen LogP contribution in [0.3, 0.4) is 0 Å². The highest BCUT2D eigenvalue weighted by atomic mass is 16.5. The van der Waals surface area contributed by atoms with E-state index in [-0.39, 0.29) is 6.04 Å². The molecule has 1 atom stereocenters. The molecular formula is C21H26N8O. The molecule has 0 spiro atoms. The summed E-state index contributed by atoms with van der Waals surface area (Å²) in [5.74, 6) is 0.930. The average molecular weight is 406 g/mol. The van der Waals surface area contributed by atoms with Crippen LogP contribution in [0.5, 0.6) is 0 Å². The first kappa shape index (κ1) is 18.8. The molecule has 5 rings (SSSR count). The minimum atomic E-state index is 0.252. The minimum absolute atomic E-state index is 0.252. The number of aryl methyl sites for hydroxylation is 1. The number of pyridine rings is 1. The zero-order chi connectivity index (χ0) is 20.8. The number of nitrogens with one attached hydrogen (secondary N) is 1. The highest BCUT2D eigenvalue weighted by Gasteiger charge is 2.25. The largest absolute Gasteiger partial charge is 0.377 e. The third kappa shape index (κ3) is 3.06. The second-order valence-corrected chi connectivity index (χ2v) is 8.09. The lowest BCUT2D eigenvalue weighted by Gasteiger charge is -2.34. The normalized spacial score (nSPS) is 17.4. The summed E-state index contributed by atoms with van der Waals surface area (Å²) in [6.07, 6.45) is 5.75. The zero-order valence-electron chi connectivity index (χ0n) is 17.7. The third-order valence-electron chi connectivity index (χ3n) is 5.64. The summed E-state index contributed by atoms with van der Waals surface area (Å²) in [5, 5.41) is 16.5. The van der Waals surface area contributed by atoms with E-state index in [1.807, 2.05) is 28.7 Å². The molecule has 1 saturated heterocycles. The van der Waals surface area contributed by atoms with Gasteiger partial charge < -0.3 is 9.64 Å². The number of H-pyrrole nitrogens is 1. The first-order chi connectivity index (χ1) is 14.5. The molecule has 4 aromatic rings. The summed E-state index contributed by atoms with van der Waals surface area (Å²) < 4.78 is 9.51. The fraction of sp³-hybridized carbons (Fsp3) is 0.429. The molecule has 0 aliphatic carbocycles. The highest BCUT2D eigenvalue weighted by Crippen LogP contribution is 2.36. The molecule has 1 aliphatic heterocycles. The number of hydrogen-bond donors (Lipinski definition) is 1. The first-order valence-electron chi connectivity index (χ1n) is 10.3. The molecular weight excluding hydrogens is 380 g/mol. The Balaban J connectivity index is 1.76. The lowest BCUT2D eigenvalue weighted by Crippen LogP contribution is -2.44. The number of hydrogen-bond acceptors (Lipinski definition) is 6. The first-order valence-corrected chi connectivity index (χ1v) is 10.3. The van der Waals surface area contributed by atoms with Crippen molar-refractivity contribution in [1.82, 2.24) is 34.7 Å². The molecule has 0 unspecified atom stereocenters. The van der Waals surface area contributed by atoms with Crippen LogP contribution >= 0.6 is 0 Å². The Morgan fingerprint density at radius 2 is 2.17 bits per heavy atom. The smallest absolute Gasteiger partial charge is 0.136 e. The van der Waals surface area contributed by atoms with Crippen LogP contribution in [-0.2, 0) is 11.8 Å². The van der Waals surface area contributed by atoms with E-state index in [2.05, 4.69) is 53.2 Å². The van der Waals surface area contributed by atoms with Crippen molar-refractivity contribution >= 4 is 16.9 Å². The van der Waals surface area contributed by atoms with E-state index in [1.54, 1.807) is 6.20 Å². The van der Waals surface area contributed by atoms with Gasteiger partial charge in [-0.2, -0.15) is 15.3 Å². The van der Waals surface area contributed by atoms with Crippen LogP contribution in [0.25, 0.3) is 33.5 Å². The van der Waals surface area contributed by atoms with Crippen LogP contribution in [-0.4, -0.2) is 60.5 Å². The number of morpholine rings is 1.